The summed E-state index contributed by atoms with van der Waals surface area (Å²) in [6.45, 7) is 0.0471. The number of nitrogens with zero attached hydrogens (tertiary/aromatic N) is 1. The molecule has 0 aliphatic heterocycles. The van der Waals surface area contributed by atoms with Crippen molar-refractivity contribution in [2.24, 2.45) is 7.05 Å². The topological polar surface area (TPSA) is 68.2 Å². The van der Waals surface area contributed by atoms with Crippen LogP contribution >= 0.6 is 0 Å². The lowest BCUT2D eigenvalue weighted by Crippen LogP contribution is -2.25. The number of hydrogen-bond acceptors (Lipinski definition) is 3. The lowest BCUT2D eigenvalue weighted by molar-refractivity contribution is 0.579. The van der Waals surface area contributed by atoms with Gasteiger partial charge in [-0.1, -0.05) is 12.1 Å². The molecular formula is C13H13FN2O3S. The fraction of sp³-hybridized carbons (Fsp3) is 0.154. The number of nitrogens with one attached hydrogen (secondary N) is 1. The van der Waals surface area contributed by atoms with Crippen molar-refractivity contribution in [1.82, 2.24) is 9.29 Å². The summed E-state index contributed by atoms with van der Waals surface area (Å²) in [5.74, 6) is -0.380. The first-order valence-corrected chi connectivity index (χ1v) is 7.27. The monoisotopic (exact) mass is 296 g/mol. The van der Waals surface area contributed by atoms with Crippen LogP contribution in [-0.2, 0) is 23.6 Å². The van der Waals surface area contributed by atoms with Gasteiger partial charge in [0.15, 0.2) is 0 Å². The van der Waals surface area contributed by atoms with E-state index < -0.39 is 10.0 Å². The molecule has 5 nitrogen and oxygen atoms in total. The summed E-state index contributed by atoms with van der Waals surface area (Å²) < 4.78 is 40.4. The van der Waals surface area contributed by atoms with Crippen LogP contribution in [0.2, 0.25) is 0 Å². The molecule has 0 bridgehead atoms. The molecule has 0 radical (unpaired) electrons. The standard InChI is InChI=1S/C13H13FN2O3S/c1-16-9-12(6-7-13(16)17)20(18,19)15-8-10-2-4-11(14)5-3-10/h2-7,9,15H,8H2,1H3. The van der Waals surface area contributed by atoms with Gasteiger partial charge in [0.2, 0.25) is 15.6 Å². The van der Waals surface area contributed by atoms with Gasteiger partial charge in [-0.05, 0) is 23.8 Å². The van der Waals surface area contributed by atoms with E-state index in [2.05, 4.69) is 4.72 Å². The van der Waals surface area contributed by atoms with Crippen LogP contribution in [0.25, 0.3) is 0 Å². The van der Waals surface area contributed by atoms with Gasteiger partial charge in [0.05, 0.1) is 4.90 Å². The molecule has 0 atom stereocenters. The summed E-state index contributed by atoms with van der Waals surface area (Å²) in [7, 11) is -2.24. The van der Waals surface area contributed by atoms with Gasteiger partial charge in [-0.3, -0.25) is 4.79 Å². The van der Waals surface area contributed by atoms with Crippen molar-refractivity contribution in [2.45, 2.75) is 11.4 Å². The van der Waals surface area contributed by atoms with E-state index in [0.717, 1.165) is 0 Å². The van der Waals surface area contributed by atoms with Crippen LogP contribution in [0.4, 0.5) is 4.39 Å². The number of hydrogen-bond donors (Lipinski definition) is 1. The molecule has 0 aliphatic rings. The normalized spacial score (nSPS) is 11.5. The molecule has 1 aromatic heterocycles. The summed E-state index contributed by atoms with van der Waals surface area (Å²) in [4.78, 5) is 11.2. The number of pyridine rings is 1. The number of benzene rings is 1. The molecule has 0 saturated carbocycles. The molecule has 0 amide bonds. The molecule has 106 valence electrons. The van der Waals surface area contributed by atoms with Gasteiger partial charge in [0, 0.05) is 25.9 Å². The highest BCUT2D eigenvalue weighted by Gasteiger charge is 2.14. The van der Waals surface area contributed by atoms with Crippen LogP contribution in [0.1, 0.15) is 5.56 Å². The second-order valence-corrected chi connectivity index (χ2v) is 6.03. The van der Waals surface area contributed by atoms with Crippen molar-refractivity contribution < 1.29 is 12.8 Å². The Balaban J connectivity index is 2.16. The zero-order valence-corrected chi connectivity index (χ0v) is 11.5. The Kier molecular flexibility index (Phi) is 4.01. The quantitative estimate of drug-likeness (QED) is 0.915. The van der Waals surface area contributed by atoms with Crippen LogP contribution in [0, 0.1) is 5.82 Å². The predicted molar refractivity (Wildman–Crippen MR) is 72.1 cm³/mol. The summed E-state index contributed by atoms with van der Waals surface area (Å²) in [5.41, 5.74) is 0.349. The van der Waals surface area contributed by atoms with Gasteiger partial charge < -0.3 is 4.57 Å². The fourth-order valence-corrected chi connectivity index (χ4v) is 2.66. The van der Waals surface area contributed by atoms with Crippen molar-refractivity contribution in [3.05, 3.63) is 64.3 Å². The van der Waals surface area contributed by atoms with Crippen molar-refractivity contribution >= 4 is 10.0 Å². The highest BCUT2D eigenvalue weighted by Crippen LogP contribution is 2.08. The predicted octanol–water partition coefficient (Wildman–Crippen LogP) is 1.00. The highest BCUT2D eigenvalue weighted by molar-refractivity contribution is 7.89. The van der Waals surface area contributed by atoms with Gasteiger partial charge in [-0.2, -0.15) is 0 Å². The second kappa shape index (κ2) is 5.56. The van der Waals surface area contributed by atoms with Crippen LogP contribution in [-0.4, -0.2) is 13.0 Å². The van der Waals surface area contributed by atoms with Gasteiger partial charge in [-0.15, -0.1) is 0 Å². The van der Waals surface area contributed by atoms with E-state index in [4.69, 9.17) is 0 Å². The third kappa shape index (κ3) is 3.31. The molecule has 0 unspecified atom stereocenters. The maximum Gasteiger partial charge on any atom is 0.250 e. The minimum absolute atomic E-state index is 0.00158. The first-order valence-electron chi connectivity index (χ1n) is 5.79. The van der Waals surface area contributed by atoms with E-state index in [-0.39, 0.29) is 22.8 Å². The molecule has 1 aromatic carbocycles. The number of rotatable bonds is 4. The zero-order valence-electron chi connectivity index (χ0n) is 10.7. The molecule has 1 N–H and O–H groups in total. The van der Waals surface area contributed by atoms with Gasteiger partial charge >= 0.3 is 0 Å². The third-order valence-electron chi connectivity index (χ3n) is 2.75. The second-order valence-electron chi connectivity index (χ2n) is 4.26. The summed E-state index contributed by atoms with van der Waals surface area (Å²) in [6, 6.07) is 7.95. The smallest absolute Gasteiger partial charge is 0.250 e. The summed E-state index contributed by atoms with van der Waals surface area (Å²) >= 11 is 0. The molecule has 20 heavy (non-hydrogen) atoms. The minimum Gasteiger partial charge on any atom is -0.317 e. The molecule has 7 heteroatoms. The highest BCUT2D eigenvalue weighted by atomic mass is 32.2. The average Bonchev–Trinajstić information content (AvgIpc) is 2.41. The van der Waals surface area contributed by atoms with Gasteiger partial charge in [-0.25, -0.2) is 17.5 Å². The maximum atomic E-state index is 12.7. The first-order chi connectivity index (χ1) is 9.38. The summed E-state index contributed by atoms with van der Waals surface area (Å²) in [6.07, 6.45) is 1.25. The summed E-state index contributed by atoms with van der Waals surface area (Å²) in [5, 5.41) is 0. The zero-order chi connectivity index (χ0) is 14.8. The molecule has 0 fully saturated rings. The molecule has 1 heterocycles. The molecular weight excluding hydrogens is 283 g/mol. The van der Waals surface area contributed by atoms with Gasteiger partial charge in [0.25, 0.3) is 0 Å². The SMILES string of the molecule is Cn1cc(S(=O)(=O)NCc2ccc(F)cc2)ccc1=O. The Bertz CT molecular complexity index is 767. The van der Waals surface area contributed by atoms with E-state index in [1.165, 1.54) is 54.2 Å². The fourth-order valence-electron chi connectivity index (χ4n) is 1.59. The molecule has 0 spiro atoms. The Morgan fingerprint density at radius 2 is 1.80 bits per heavy atom. The largest absolute Gasteiger partial charge is 0.317 e. The van der Waals surface area contributed by atoms with Crippen LogP contribution < -0.4 is 10.3 Å². The van der Waals surface area contributed by atoms with E-state index in [1.807, 2.05) is 0 Å². The molecule has 0 aliphatic carbocycles. The van der Waals surface area contributed by atoms with Crippen LogP contribution in [0.5, 0.6) is 0 Å². The van der Waals surface area contributed by atoms with E-state index in [9.17, 15) is 17.6 Å². The van der Waals surface area contributed by atoms with Crippen molar-refractivity contribution in [1.29, 1.82) is 0 Å². The van der Waals surface area contributed by atoms with Crippen molar-refractivity contribution in [2.75, 3.05) is 0 Å². The van der Waals surface area contributed by atoms with Crippen LogP contribution in [0.15, 0.2) is 52.3 Å². The lowest BCUT2D eigenvalue weighted by Gasteiger charge is -2.08. The Morgan fingerprint density at radius 3 is 2.40 bits per heavy atom. The molecule has 2 rings (SSSR count). The van der Waals surface area contributed by atoms with E-state index >= 15 is 0 Å². The van der Waals surface area contributed by atoms with Crippen LogP contribution in [0.3, 0.4) is 0 Å². The molecule has 0 saturated heterocycles. The van der Waals surface area contributed by atoms with E-state index in [0.29, 0.717) is 5.56 Å². The number of aromatic nitrogens is 1. The van der Waals surface area contributed by atoms with E-state index in [1.54, 1.807) is 0 Å². The number of aryl methyl sites for hydroxylation is 1. The van der Waals surface area contributed by atoms with Crippen molar-refractivity contribution in [3.8, 4) is 0 Å². The number of halogens is 1. The Hall–Kier alpha value is -1.99. The lowest BCUT2D eigenvalue weighted by atomic mass is 10.2. The molecule has 2 aromatic rings. The Labute approximate surface area is 115 Å². The minimum atomic E-state index is -3.71. The maximum absolute atomic E-state index is 12.7. The average molecular weight is 296 g/mol. The first kappa shape index (κ1) is 14.4. The van der Waals surface area contributed by atoms with Crippen molar-refractivity contribution in [3.63, 3.8) is 0 Å². The van der Waals surface area contributed by atoms with Gasteiger partial charge in [0.1, 0.15) is 5.82 Å². The Morgan fingerprint density at radius 1 is 1.15 bits per heavy atom. The third-order valence-corrected chi connectivity index (χ3v) is 4.14. The number of sulfonamides is 1.